The minimum atomic E-state index is -0.948. The number of aromatic hydroxyl groups is 1. The summed E-state index contributed by atoms with van der Waals surface area (Å²) >= 11 is 0. The number of hydrogen-bond donors (Lipinski definition) is 1. The van der Waals surface area contributed by atoms with Crippen LogP contribution in [-0.4, -0.2) is 58.8 Å². The van der Waals surface area contributed by atoms with E-state index < -0.39 is 34.5 Å². The number of fused-ring (bicyclic) bond motifs is 3. The highest BCUT2D eigenvalue weighted by atomic mass is 19.1. The Bertz CT molecular complexity index is 1170. The van der Waals surface area contributed by atoms with Crippen LogP contribution in [0, 0.1) is 11.6 Å². The van der Waals surface area contributed by atoms with E-state index in [1.165, 1.54) is 16.9 Å². The molecule has 0 radical (unpaired) electrons. The lowest BCUT2D eigenvalue weighted by Gasteiger charge is -2.45. The fraction of sp³-hybridized carbons (Fsp3) is 0.435. The maximum atomic E-state index is 13.9. The first-order valence-corrected chi connectivity index (χ1v) is 10.8. The first-order valence-electron chi connectivity index (χ1n) is 10.8. The Hall–Kier alpha value is -3.27. The van der Waals surface area contributed by atoms with Gasteiger partial charge in [-0.05, 0) is 37.8 Å². The van der Waals surface area contributed by atoms with Crippen molar-refractivity contribution < 1.29 is 28.2 Å². The first-order chi connectivity index (χ1) is 15.8. The molecule has 10 heteroatoms. The van der Waals surface area contributed by atoms with E-state index in [1.807, 2.05) is 11.9 Å². The average Bonchev–Trinajstić information content (AvgIpc) is 3.19. The Balaban J connectivity index is 1.72. The molecule has 4 rings (SSSR count). The molecule has 0 saturated carbocycles. The van der Waals surface area contributed by atoms with Gasteiger partial charge in [-0.2, -0.15) is 0 Å². The van der Waals surface area contributed by atoms with E-state index in [0.717, 1.165) is 18.6 Å². The summed E-state index contributed by atoms with van der Waals surface area (Å²) in [5.74, 6) is -3.39. The van der Waals surface area contributed by atoms with Crippen LogP contribution in [0.3, 0.4) is 0 Å². The number of ether oxygens (including phenoxy) is 1. The molecule has 2 aliphatic heterocycles. The number of ketones is 1. The Kier molecular flexibility index (Phi) is 6.20. The Morgan fingerprint density at radius 3 is 2.67 bits per heavy atom. The summed E-state index contributed by atoms with van der Waals surface area (Å²) in [7, 11) is 1.56. The third-order valence-corrected chi connectivity index (χ3v) is 6.31. The molecule has 0 bridgehead atoms. The number of methoxy groups -OCH3 is 1. The molecule has 1 aromatic heterocycles. The van der Waals surface area contributed by atoms with Gasteiger partial charge in [-0.15, -0.1) is 0 Å². The van der Waals surface area contributed by atoms with Gasteiger partial charge in [-0.3, -0.25) is 24.1 Å². The zero-order valence-corrected chi connectivity index (χ0v) is 18.4. The number of aromatic nitrogens is 1. The van der Waals surface area contributed by atoms with Gasteiger partial charge in [0.05, 0.1) is 18.2 Å². The van der Waals surface area contributed by atoms with Crippen LogP contribution in [0.5, 0.6) is 5.75 Å². The van der Waals surface area contributed by atoms with Gasteiger partial charge in [0.1, 0.15) is 17.8 Å². The summed E-state index contributed by atoms with van der Waals surface area (Å²) in [6.45, 7) is 2.57. The zero-order chi connectivity index (χ0) is 23.9. The number of nitrogens with zero attached hydrogens (tertiary/aromatic N) is 3. The molecule has 0 aliphatic carbocycles. The van der Waals surface area contributed by atoms with Crippen molar-refractivity contribution in [2.24, 2.45) is 0 Å². The minimum Gasteiger partial charge on any atom is -0.502 e. The lowest BCUT2D eigenvalue weighted by Crippen LogP contribution is -2.61. The highest BCUT2D eigenvalue weighted by Gasteiger charge is 2.46. The van der Waals surface area contributed by atoms with E-state index in [4.69, 9.17) is 4.74 Å². The predicted octanol–water partition coefficient (Wildman–Crippen LogP) is 2.20. The van der Waals surface area contributed by atoms with Gasteiger partial charge < -0.3 is 14.7 Å². The largest absolute Gasteiger partial charge is 0.502 e. The van der Waals surface area contributed by atoms with Crippen molar-refractivity contribution in [3.63, 3.8) is 0 Å². The number of carbonyl (C=O) groups excluding carboxylic acids is 2. The number of pyridine rings is 1. The quantitative estimate of drug-likeness (QED) is 0.636. The van der Waals surface area contributed by atoms with Gasteiger partial charge in [-0.1, -0.05) is 6.07 Å². The highest BCUT2D eigenvalue weighted by Crippen LogP contribution is 2.33. The van der Waals surface area contributed by atoms with E-state index in [-0.39, 0.29) is 41.9 Å². The molecule has 1 aromatic carbocycles. The van der Waals surface area contributed by atoms with Crippen molar-refractivity contribution >= 4 is 11.7 Å². The molecule has 3 heterocycles. The zero-order valence-electron chi connectivity index (χ0n) is 18.4. The van der Waals surface area contributed by atoms with Crippen molar-refractivity contribution in [3.8, 4) is 5.75 Å². The van der Waals surface area contributed by atoms with Crippen LogP contribution in [0.15, 0.2) is 29.2 Å². The molecule has 2 atom stereocenters. The maximum absolute atomic E-state index is 13.9. The SMILES string of the molecule is CCN1C(=O)c2c(O)c(=O)c(C(=O)CCc3ccc(F)cc3F)cn2N2[C@@H](COC)CC[C@@H]12. The first kappa shape index (κ1) is 22.9. The highest BCUT2D eigenvalue weighted by molar-refractivity contribution is 6.00. The number of carbonyl (C=O) groups is 2. The van der Waals surface area contributed by atoms with Gasteiger partial charge in [0, 0.05) is 32.3 Å². The molecular weight excluding hydrogens is 436 g/mol. The van der Waals surface area contributed by atoms with E-state index >= 15 is 0 Å². The number of aryl methyl sites for hydroxylation is 1. The fourth-order valence-electron chi connectivity index (χ4n) is 4.72. The molecule has 1 fully saturated rings. The van der Waals surface area contributed by atoms with E-state index in [2.05, 4.69) is 0 Å². The van der Waals surface area contributed by atoms with Crippen LogP contribution >= 0.6 is 0 Å². The number of hydrogen-bond acceptors (Lipinski definition) is 6. The molecule has 1 amide bonds. The van der Waals surface area contributed by atoms with Gasteiger partial charge >= 0.3 is 0 Å². The molecule has 1 saturated heterocycles. The van der Waals surface area contributed by atoms with Crippen LogP contribution in [-0.2, 0) is 11.2 Å². The Morgan fingerprint density at radius 2 is 2.00 bits per heavy atom. The molecule has 176 valence electrons. The lowest BCUT2D eigenvalue weighted by molar-refractivity contribution is 0.0585. The number of benzene rings is 1. The second kappa shape index (κ2) is 8.93. The lowest BCUT2D eigenvalue weighted by atomic mass is 10.0. The molecule has 2 aromatic rings. The van der Waals surface area contributed by atoms with Crippen molar-refractivity contribution in [2.45, 2.75) is 44.8 Å². The summed E-state index contributed by atoms with van der Waals surface area (Å²) in [4.78, 5) is 40.4. The normalized spacial score (nSPS) is 19.6. The third kappa shape index (κ3) is 3.88. The van der Waals surface area contributed by atoms with Crippen LogP contribution in [0.1, 0.15) is 52.6 Å². The molecule has 2 aliphatic rings. The summed E-state index contributed by atoms with van der Waals surface area (Å²) in [5, 5.41) is 12.5. The Morgan fingerprint density at radius 1 is 1.24 bits per heavy atom. The molecule has 8 nitrogen and oxygen atoms in total. The molecular formula is C23H25F2N3O5. The van der Waals surface area contributed by atoms with Crippen LogP contribution in [0.2, 0.25) is 0 Å². The predicted molar refractivity (Wildman–Crippen MR) is 115 cm³/mol. The average molecular weight is 461 g/mol. The minimum absolute atomic E-state index is 0.0475. The van der Waals surface area contributed by atoms with E-state index in [9.17, 15) is 28.3 Å². The standard InChI is InChI=1S/C23H25F2N3O5/c1-3-26-19-9-7-15(12-33-2)28(19)27-11-16(21(30)22(31)20(27)23(26)32)18(29)8-5-13-4-6-14(24)10-17(13)25/h4,6,10-11,15,19,31H,3,5,7-9,12H2,1-2H3/t15-,19+/m1/s1. The van der Waals surface area contributed by atoms with E-state index in [0.29, 0.717) is 19.6 Å². The number of amides is 1. The van der Waals surface area contributed by atoms with Crippen LogP contribution in [0.4, 0.5) is 8.78 Å². The van der Waals surface area contributed by atoms with Gasteiger partial charge in [-0.25, -0.2) is 8.78 Å². The Labute approximate surface area is 188 Å². The second-order valence-corrected chi connectivity index (χ2v) is 8.21. The molecule has 1 N–H and O–H groups in total. The summed E-state index contributed by atoms with van der Waals surface area (Å²) < 4.78 is 33.8. The van der Waals surface area contributed by atoms with Gasteiger partial charge in [0.25, 0.3) is 5.91 Å². The van der Waals surface area contributed by atoms with Crippen molar-refractivity contribution in [1.29, 1.82) is 0 Å². The molecule has 0 unspecified atom stereocenters. The summed E-state index contributed by atoms with van der Waals surface area (Å²) in [6.07, 6.45) is 2.11. The fourth-order valence-corrected chi connectivity index (χ4v) is 4.72. The van der Waals surface area contributed by atoms with Gasteiger partial charge in [0.15, 0.2) is 17.2 Å². The summed E-state index contributed by atoms with van der Waals surface area (Å²) in [5.41, 5.74) is -1.29. The van der Waals surface area contributed by atoms with Crippen LogP contribution in [0.25, 0.3) is 0 Å². The smallest absolute Gasteiger partial charge is 0.278 e. The number of Topliss-reactive ketones (excluding diaryl/α,β-unsaturated/α-hetero) is 1. The summed E-state index contributed by atoms with van der Waals surface area (Å²) in [6, 6.07) is 2.95. The van der Waals surface area contributed by atoms with E-state index in [1.54, 1.807) is 12.0 Å². The third-order valence-electron chi connectivity index (χ3n) is 6.31. The maximum Gasteiger partial charge on any atom is 0.278 e. The van der Waals surface area contributed by atoms with Crippen LogP contribution < -0.4 is 10.4 Å². The molecule has 0 spiro atoms. The number of halogens is 2. The van der Waals surface area contributed by atoms with Crippen molar-refractivity contribution in [2.75, 3.05) is 25.3 Å². The van der Waals surface area contributed by atoms with Gasteiger partial charge in [0.2, 0.25) is 5.43 Å². The topological polar surface area (TPSA) is 92.1 Å². The van der Waals surface area contributed by atoms with Crippen molar-refractivity contribution in [3.05, 3.63) is 63.1 Å². The second-order valence-electron chi connectivity index (χ2n) is 8.21. The number of rotatable bonds is 7. The monoisotopic (exact) mass is 461 g/mol. The molecule has 33 heavy (non-hydrogen) atoms. The van der Waals surface area contributed by atoms with Crippen molar-refractivity contribution in [1.82, 2.24) is 9.58 Å².